The van der Waals surface area contributed by atoms with E-state index in [1.807, 2.05) is 0 Å². The van der Waals surface area contributed by atoms with E-state index in [4.69, 9.17) is 0 Å². The van der Waals surface area contributed by atoms with Gasteiger partial charge in [0.25, 0.3) is 0 Å². The Hall–Kier alpha value is -1.15. The highest BCUT2D eigenvalue weighted by atomic mass is 32.1. The molecule has 0 saturated heterocycles. The van der Waals surface area contributed by atoms with Gasteiger partial charge in [-0.25, -0.2) is 0 Å². The molecular formula is C12H14NS+. The highest BCUT2D eigenvalue weighted by molar-refractivity contribution is 7.07. The fourth-order valence-corrected chi connectivity index (χ4v) is 2.49. The van der Waals surface area contributed by atoms with Crippen molar-refractivity contribution in [2.45, 2.75) is 19.9 Å². The van der Waals surface area contributed by atoms with Crippen molar-refractivity contribution in [1.82, 2.24) is 0 Å². The number of aromatic nitrogens is 1. The number of aryl methyl sites for hydroxylation is 1. The third-order valence-corrected chi connectivity index (χ3v) is 3.35. The van der Waals surface area contributed by atoms with E-state index in [0.29, 0.717) is 6.04 Å². The summed E-state index contributed by atoms with van der Waals surface area (Å²) in [6.45, 7) is 4.38. The second-order valence-electron chi connectivity index (χ2n) is 3.49. The SMILES string of the molecule is Cc1csc[n+]1[C@H](C)c1ccccc1. The van der Waals surface area contributed by atoms with Gasteiger partial charge in [0, 0.05) is 19.4 Å². The molecule has 0 spiro atoms. The van der Waals surface area contributed by atoms with E-state index in [1.54, 1.807) is 11.3 Å². The number of hydrogen-bond acceptors (Lipinski definition) is 1. The van der Waals surface area contributed by atoms with Crippen molar-refractivity contribution in [3.63, 3.8) is 0 Å². The van der Waals surface area contributed by atoms with Crippen LogP contribution < -0.4 is 4.57 Å². The molecule has 2 rings (SSSR count). The Bertz CT molecular complexity index is 405. The zero-order valence-electron chi connectivity index (χ0n) is 8.47. The van der Waals surface area contributed by atoms with Gasteiger partial charge in [0.15, 0.2) is 11.7 Å². The van der Waals surface area contributed by atoms with Gasteiger partial charge in [-0.3, -0.25) is 0 Å². The van der Waals surface area contributed by atoms with E-state index in [0.717, 1.165) is 0 Å². The third kappa shape index (κ3) is 1.70. The number of nitrogens with zero attached hydrogens (tertiary/aromatic N) is 1. The molecular weight excluding hydrogens is 190 g/mol. The molecule has 2 heteroatoms. The first-order valence-corrected chi connectivity index (χ1v) is 5.72. The molecule has 0 amide bonds. The van der Waals surface area contributed by atoms with Crippen LogP contribution in [0.3, 0.4) is 0 Å². The van der Waals surface area contributed by atoms with Crippen LogP contribution in [0, 0.1) is 6.92 Å². The molecule has 72 valence electrons. The van der Waals surface area contributed by atoms with Gasteiger partial charge in [0.05, 0.1) is 5.38 Å². The van der Waals surface area contributed by atoms with Gasteiger partial charge in [0.1, 0.15) is 0 Å². The van der Waals surface area contributed by atoms with Crippen LogP contribution in [0.4, 0.5) is 0 Å². The molecule has 0 fully saturated rings. The van der Waals surface area contributed by atoms with Crippen molar-refractivity contribution >= 4 is 11.3 Å². The van der Waals surface area contributed by atoms with Gasteiger partial charge in [-0.1, -0.05) is 41.7 Å². The lowest BCUT2D eigenvalue weighted by atomic mass is 10.1. The highest BCUT2D eigenvalue weighted by Gasteiger charge is 2.17. The molecule has 1 aromatic heterocycles. The Morgan fingerprint density at radius 3 is 2.50 bits per heavy atom. The number of rotatable bonds is 2. The van der Waals surface area contributed by atoms with Gasteiger partial charge in [0.2, 0.25) is 5.51 Å². The standard InChI is InChI=1S/C12H14NS/c1-10-8-14-9-13(10)11(2)12-6-4-3-5-7-12/h3-9,11H,1-2H3/q+1/t11-/m1/s1. The first kappa shape index (κ1) is 9.41. The zero-order valence-corrected chi connectivity index (χ0v) is 9.29. The number of hydrogen-bond donors (Lipinski definition) is 0. The molecule has 1 heterocycles. The van der Waals surface area contributed by atoms with Crippen molar-refractivity contribution in [2.24, 2.45) is 0 Å². The average Bonchev–Trinajstić information content (AvgIpc) is 2.65. The summed E-state index contributed by atoms with van der Waals surface area (Å²) in [5, 5.41) is 2.18. The minimum atomic E-state index is 0.433. The summed E-state index contributed by atoms with van der Waals surface area (Å²) in [6, 6.07) is 11.0. The molecule has 2 aromatic rings. The predicted molar refractivity (Wildman–Crippen MR) is 59.5 cm³/mol. The Kier molecular flexibility index (Phi) is 2.64. The molecule has 14 heavy (non-hydrogen) atoms. The summed E-state index contributed by atoms with van der Waals surface area (Å²) in [7, 11) is 0. The van der Waals surface area contributed by atoms with Crippen LogP contribution in [0.15, 0.2) is 41.2 Å². The summed E-state index contributed by atoms with van der Waals surface area (Å²) >= 11 is 1.75. The third-order valence-electron chi connectivity index (χ3n) is 2.52. The molecule has 0 N–H and O–H groups in total. The van der Waals surface area contributed by atoms with Crippen molar-refractivity contribution < 1.29 is 4.57 Å². The average molecular weight is 204 g/mol. The normalized spacial score (nSPS) is 12.7. The van der Waals surface area contributed by atoms with E-state index in [2.05, 4.69) is 59.6 Å². The van der Waals surface area contributed by atoms with Crippen LogP contribution in [0.2, 0.25) is 0 Å². The second-order valence-corrected chi connectivity index (χ2v) is 4.21. The maximum atomic E-state index is 2.31. The van der Waals surface area contributed by atoms with Crippen molar-refractivity contribution in [1.29, 1.82) is 0 Å². The molecule has 0 unspecified atom stereocenters. The minimum absolute atomic E-state index is 0.433. The first-order valence-electron chi connectivity index (χ1n) is 4.78. The van der Waals surface area contributed by atoms with Crippen LogP contribution in [0.5, 0.6) is 0 Å². The largest absolute Gasteiger partial charge is 0.225 e. The quantitative estimate of drug-likeness (QED) is 0.662. The van der Waals surface area contributed by atoms with Crippen LogP contribution in [-0.4, -0.2) is 0 Å². The van der Waals surface area contributed by atoms with E-state index in [-0.39, 0.29) is 0 Å². The Morgan fingerprint density at radius 1 is 1.21 bits per heavy atom. The van der Waals surface area contributed by atoms with Gasteiger partial charge >= 0.3 is 0 Å². The molecule has 0 aliphatic heterocycles. The molecule has 1 nitrogen and oxygen atoms in total. The molecule has 1 aromatic carbocycles. The predicted octanol–water partition coefficient (Wildman–Crippen LogP) is 2.95. The summed E-state index contributed by atoms with van der Waals surface area (Å²) < 4.78 is 2.31. The fourth-order valence-electron chi connectivity index (χ4n) is 1.63. The molecule has 1 atom stereocenters. The lowest BCUT2D eigenvalue weighted by molar-refractivity contribution is -0.711. The molecule has 0 bridgehead atoms. The Morgan fingerprint density at radius 2 is 1.93 bits per heavy atom. The summed E-state index contributed by atoms with van der Waals surface area (Å²) in [5.41, 5.74) is 4.86. The highest BCUT2D eigenvalue weighted by Crippen LogP contribution is 2.13. The lowest BCUT2D eigenvalue weighted by Crippen LogP contribution is -2.38. The van der Waals surface area contributed by atoms with Crippen molar-refractivity contribution in [3.8, 4) is 0 Å². The van der Waals surface area contributed by atoms with Gasteiger partial charge in [-0.05, 0) is 0 Å². The monoisotopic (exact) mass is 204 g/mol. The van der Waals surface area contributed by atoms with Gasteiger partial charge < -0.3 is 0 Å². The van der Waals surface area contributed by atoms with Crippen molar-refractivity contribution in [3.05, 3.63) is 52.5 Å². The van der Waals surface area contributed by atoms with E-state index in [9.17, 15) is 0 Å². The van der Waals surface area contributed by atoms with E-state index in [1.165, 1.54) is 11.3 Å². The maximum absolute atomic E-state index is 2.31. The minimum Gasteiger partial charge on any atom is -0.186 e. The van der Waals surface area contributed by atoms with Gasteiger partial charge in [-0.15, -0.1) is 0 Å². The Labute approximate surface area is 88.7 Å². The van der Waals surface area contributed by atoms with Crippen molar-refractivity contribution in [2.75, 3.05) is 0 Å². The summed E-state index contributed by atoms with van der Waals surface area (Å²) in [5.74, 6) is 0. The maximum Gasteiger partial charge on any atom is 0.225 e. The molecule has 0 saturated carbocycles. The van der Waals surface area contributed by atoms with E-state index >= 15 is 0 Å². The number of benzene rings is 1. The molecule has 0 radical (unpaired) electrons. The molecule has 0 aliphatic rings. The van der Waals surface area contributed by atoms with Crippen LogP contribution in [-0.2, 0) is 0 Å². The topological polar surface area (TPSA) is 3.88 Å². The Balaban J connectivity index is 2.34. The lowest BCUT2D eigenvalue weighted by Gasteiger charge is -2.05. The van der Waals surface area contributed by atoms with Gasteiger partial charge in [-0.2, -0.15) is 4.57 Å². The van der Waals surface area contributed by atoms with Crippen LogP contribution in [0.1, 0.15) is 24.2 Å². The molecule has 0 aliphatic carbocycles. The number of thiazole rings is 1. The van der Waals surface area contributed by atoms with Crippen LogP contribution in [0.25, 0.3) is 0 Å². The summed E-state index contributed by atoms with van der Waals surface area (Å²) in [6.07, 6.45) is 0. The summed E-state index contributed by atoms with van der Waals surface area (Å²) in [4.78, 5) is 0. The second kappa shape index (κ2) is 3.93. The smallest absolute Gasteiger partial charge is 0.186 e. The zero-order chi connectivity index (χ0) is 9.97. The fraction of sp³-hybridized carbons (Fsp3) is 0.250. The van der Waals surface area contributed by atoms with Crippen LogP contribution >= 0.6 is 11.3 Å². The van der Waals surface area contributed by atoms with E-state index < -0.39 is 0 Å². The first-order chi connectivity index (χ1) is 6.79.